The summed E-state index contributed by atoms with van der Waals surface area (Å²) in [5.74, 6) is 1.63. The van der Waals surface area contributed by atoms with Gasteiger partial charge in [-0.2, -0.15) is 0 Å². The highest BCUT2D eigenvalue weighted by atomic mass is 79.9. The van der Waals surface area contributed by atoms with E-state index in [1.807, 2.05) is 49.4 Å². The molecule has 0 saturated heterocycles. The Bertz CT molecular complexity index is 494. The van der Waals surface area contributed by atoms with E-state index in [4.69, 9.17) is 16.3 Å². The van der Waals surface area contributed by atoms with Crippen LogP contribution in [0.4, 0.5) is 0 Å². The average Bonchev–Trinajstić information content (AvgIpc) is 2.27. The third-order valence-electron chi connectivity index (χ3n) is 2.19. The summed E-state index contributed by atoms with van der Waals surface area (Å²) in [4.78, 5) is 0. The molecule has 0 aromatic heterocycles. The van der Waals surface area contributed by atoms with Crippen molar-refractivity contribution >= 4 is 27.5 Å². The Morgan fingerprint density at radius 2 is 1.75 bits per heavy atom. The molecule has 0 spiro atoms. The number of aryl methyl sites for hydroxylation is 1. The van der Waals surface area contributed by atoms with Gasteiger partial charge in [0.1, 0.15) is 11.5 Å². The molecular formula is C13H10BrClO. The highest BCUT2D eigenvalue weighted by Crippen LogP contribution is 2.28. The van der Waals surface area contributed by atoms with Gasteiger partial charge in [-0.1, -0.05) is 33.6 Å². The zero-order chi connectivity index (χ0) is 11.5. The fourth-order valence-corrected chi connectivity index (χ4v) is 1.78. The summed E-state index contributed by atoms with van der Waals surface area (Å²) < 4.78 is 6.76. The molecule has 2 rings (SSSR count). The largest absolute Gasteiger partial charge is 0.457 e. The number of rotatable bonds is 2. The Kier molecular flexibility index (Phi) is 3.52. The molecule has 2 aromatic rings. The first-order valence-corrected chi connectivity index (χ1v) is 6.02. The molecule has 82 valence electrons. The van der Waals surface area contributed by atoms with E-state index >= 15 is 0 Å². The topological polar surface area (TPSA) is 9.23 Å². The van der Waals surface area contributed by atoms with Crippen molar-refractivity contribution in [3.05, 3.63) is 57.5 Å². The second-order valence-electron chi connectivity index (χ2n) is 3.47. The first kappa shape index (κ1) is 11.5. The van der Waals surface area contributed by atoms with Crippen LogP contribution < -0.4 is 4.74 Å². The molecule has 0 fully saturated rings. The van der Waals surface area contributed by atoms with Crippen molar-refractivity contribution < 1.29 is 4.74 Å². The van der Waals surface area contributed by atoms with E-state index in [-0.39, 0.29) is 0 Å². The van der Waals surface area contributed by atoms with E-state index in [1.165, 1.54) is 0 Å². The van der Waals surface area contributed by atoms with Crippen molar-refractivity contribution in [2.75, 3.05) is 0 Å². The summed E-state index contributed by atoms with van der Waals surface area (Å²) >= 11 is 9.23. The predicted octanol–water partition coefficient (Wildman–Crippen LogP) is 5.20. The molecule has 3 heteroatoms. The van der Waals surface area contributed by atoms with Crippen LogP contribution >= 0.6 is 27.5 Å². The Balaban J connectivity index is 2.26. The van der Waals surface area contributed by atoms with E-state index in [0.717, 1.165) is 21.5 Å². The standard InChI is InChI=1S/C13H10BrClO/c1-9-2-3-10(14)8-13(9)16-12-6-4-11(15)5-7-12/h2-8H,1H3. The molecule has 0 atom stereocenters. The zero-order valence-corrected chi connectivity index (χ0v) is 11.0. The van der Waals surface area contributed by atoms with Gasteiger partial charge in [-0.25, -0.2) is 0 Å². The summed E-state index contributed by atoms with van der Waals surface area (Å²) in [5, 5.41) is 0.707. The number of halogens is 2. The van der Waals surface area contributed by atoms with Crippen molar-refractivity contribution in [3.8, 4) is 11.5 Å². The normalized spacial score (nSPS) is 10.2. The molecule has 0 bridgehead atoms. The lowest BCUT2D eigenvalue weighted by Gasteiger charge is -2.08. The van der Waals surface area contributed by atoms with Crippen LogP contribution in [0, 0.1) is 6.92 Å². The fraction of sp³-hybridized carbons (Fsp3) is 0.0769. The molecule has 0 aliphatic carbocycles. The lowest BCUT2D eigenvalue weighted by Crippen LogP contribution is -1.87. The van der Waals surface area contributed by atoms with Crippen LogP contribution in [0.1, 0.15) is 5.56 Å². The number of benzene rings is 2. The number of hydrogen-bond donors (Lipinski definition) is 0. The second-order valence-corrected chi connectivity index (χ2v) is 4.82. The van der Waals surface area contributed by atoms with Gasteiger partial charge >= 0.3 is 0 Å². The minimum absolute atomic E-state index is 0.707. The Hall–Kier alpha value is -0.990. The lowest BCUT2D eigenvalue weighted by molar-refractivity contribution is 0.478. The van der Waals surface area contributed by atoms with Gasteiger partial charge in [-0.05, 0) is 48.9 Å². The third-order valence-corrected chi connectivity index (χ3v) is 2.94. The molecule has 0 N–H and O–H groups in total. The fourth-order valence-electron chi connectivity index (χ4n) is 1.31. The molecule has 0 radical (unpaired) electrons. The van der Waals surface area contributed by atoms with Crippen LogP contribution in [0.15, 0.2) is 46.9 Å². The molecular weight excluding hydrogens is 287 g/mol. The first-order chi connectivity index (χ1) is 7.65. The van der Waals surface area contributed by atoms with Gasteiger partial charge in [0.25, 0.3) is 0 Å². The van der Waals surface area contributed by atoms with Crippen molar-refractivity contribution in [2.45, 2.75) is 6.92 Å². The summed E-state index contributed by atoms with van der Waals surface area (Å²) in [6, 6.07) is 13.3. The highest BCUT2D eigenvalue weighted by Gasteiger charge is 2.02. The van der Waals surface area contributed by atoms with Gasteiger partial charge in [0.05, 0.1) is 0 Å². The Labute approximate surface area is 108 Å². The monoisotopic (exact) mass is 296 g/mol. The van der Waals surface area contributed by atoms with Crippen LogP contribution in [0.3, 0.4) is 0 Å². The molecule has 16 heavy (non-hydrogen) atoms. The van der Waals surface area contributed by atoms with E-state index in [9.17, 15) is 0 Å². The van der Waals surface area contributed by atoms with Crippen LogP contribution in [-0.2, 0) is 0 Å². The molecule has 0 aliphatic rings. The molecule has 0 aliphatic heterocycles. The third kappa shape index (κ3) is 2.77. The van der Waals surface area contributed by atoms with Gasteiger partial charge in [0.15, 0.2) is 0 Å². The van der Waals surface area contributed by atoms with Crippen LogP contribution in [0.25, 0.3) is 0 Å². The number of hydrogen-bond acceptors (Lipinski definition) is 1. The lowest BCUT2D eigenvalue weighted by atomic mass is 10.2. The quantitative estimate of drug-likeness (QED) is 0.740. The predicted molar refractivity (Wildman–Crippen MR) is 70.4 cm³/mol. The van der Waals surface area contributed by atoms with Crippen molar-refractivity contribution in [1.82, 2.24) is 0 Å². The maximum atomic E-state index is 5.81. The summed E-state index contributed by atoms with van der Waals surface area (Å²) in [6.45, 7) is 2.01. The zero-order valence-electron chi connectivity index (χ0n) is 8.71. The maximum absolute atomic E-state index is 5.81. The molecule has 0 saturated carbocycles. The van der Waals surface area contributed by atoms with Crippen LogP contribution in [0.2, 0.25) is 5.02 Å². The van der Waals surface area contributed by atoms with Crippen molar-refractivity contribution in [1.29, 1.82) is 0 Å². The Morgan fingerprint density at radius 3 is 2.44 bits per heavy atom. The molecule has 2 aromatic carbocycles. The minimum atomic E-state index is 0.707. The smallest absolute Gasteiger partial charge is 0.131 e. The van der Waals surface area contributed by atoms with Crippen molar-refractivity contribution in [3.63, 3.8) is 0 Å². The maximum Gasteiger partial charge on any atom is 0.131 e. The van der Waals surface area contributed by atoms with E-state index in [2.05, 4.69) is 15.9 Å². The number of ether oxygens (including phenoxy) is 1. The van der Waals surface area contributed by atoms with Gasteiger partial charge in [0, 0.05) is 9.50 Å². The SMILES string of the molecule is Cc1ccc(Br)cc1Oc1ccc(Cl)cc1. The second kappa shape index (κ2) is 4.89. The van der Waals surface area contributed by atoms with Gasteiger partial charge in [-0.3, -0.25) is 0 Å². The van der Waals surface area contributed by atoms with E-state index in [0.29, 0.717) is 5.02 Å². The molecule has 0 amide bonds. The Morgan fingerprint density at radius 1 is 1.06 bits per heavy atom. The van der Waals surface area contributed by atoms with Crippen LogP contribution in [0.5, 0.6) is 11.5 Å². The first-order valence-electron chi connectivity index (χ1n) is 4.85. The molecule has 1 nitrogen and oxygen atoms in total. The summed E-state index contributed by atoms with van der Waals surface area (Å²) in [7, 11) is 0. The van der Waals surface area contributed by atoms with Gasteiger partial charge < -0.3 is 4.74 Å². The van der Waals surface area contributed by atoms with E-state index < -0.39 is 0 Å². The van der Waals surface area contributed by atoms with Gasteiger partial charge in [0.2, 0.25) is 0 Å². The van der Waals surface area contributed by atoms with Crippen LogP contribution in [-0.4, -0.2) is 0 Å². The average molecular weight is 298 g/mol. The highest BCUT2D eigenvalue weighted by molar-refractivity contribution is 9.10. The van der Waals surface area contributed by atoms with E-state index in [1.54, 1.807) is 0 Å². The van der Waals surface area contributed by atoms with Gasteiger partial charge in [-0.15, -0.1) is 0 Å². The molecule has 0 heterocycles. The summed E-state index contributed by atoms with van der Waals surface area (Å²) in [6.07, 6.45) is 0. The molecule has 0 unspecified atom stereocenters. The summed E-state index contributed by atoms with van der Waals surface area (Å²) in [5.41, 5.74) is 1.10. The minimum Gasteiger partial charge on any atom is -0.457 e. The van der Waals surface area contributed by atoms with Crippen molar-refractivity contribution in [2.24, 2.45) is 0 Å².